The van der Waals surface area contributed by atoms with Crippen LogP contribution in [0.1, 0.15) is 17.5 Å². The van der Waals surface area contributed by atoms with Crippen molar-refractivity contribution in [3.05, 3.63) is 76.8 Å². The average molecular weight is 475 g/mol. The molecule has 0 radical (unpaired) electrons. The van der Waals surface area contributed by atoms with Crippen LogP contribution in [0.2, 0.25) is 5.02 Å². The van der Waals surface area contributed by atoms with Gasteiger partial charge in [-0.05, 0) is 53.1 Å². The molecule has 0 atom stereocenters. The molecule has 3 aromatic carbocycles. The Kier molecular flexibility index (Phi) is 6.40. The van der Waals surface area contributed by atoms with Crippen LogP contribution in [0.5, 0.6) is 0 Å². The molecular formula is C24H18ClF3N2O3. The van der Waals surface area contributed by atoms with Crippen LogP contribution < -0.4 is 5.32 Å². The highest BCUT2D eigenvalue weighted by atomic mass is 35.5. The lowest BCUT2D eigenvalue weighted by Gasteiger charge is -2.14. The topological polar surface area (TPSA) is 75.4 Å². The number of carboxylic acid groups (broad SMARTS) is 1. The predicted octanol–water partition coefficient (Wildman–Crippen LogP) is 6.40. The molecule has 1 aromatic heterocycles. The first-order chi connectivity index (χ1) is 15.7. The largest absolute Gasteiger partial charge is 0.481 e. The number of hydrogen-bond donors (Lipinski definition) is 2. The molecule has 5 nitrogen and oxygen atoms in total. The van der Waals surface area contributed by atoms with E-state index in [1.54, 1.807) is 36.4 Å². The maximum Gasteiger partial charge on any atom is 0.417 e. The van der Waals surface area contributed by atoms with Gasteiger partial charge in [-0.2, -0.15) is 13.2 Å². The maximum absolute atomic E-state index is 13.9. The number of carbonyl (C=O) groups is 1. The van der Waals surface area contributed by atoms with Crippen LogP contribution in [0.3, 0.4) is 0 Å². The molecular weight excluding hydrogens is 457 g/mol. The number of nitrogens with zero attached hydrogens (tertiary/aromatic N) is 1. The third-order valence-corrected chi connectivity index (χ3v) is 5.24. The second-order valence-electron chi connectivity index (χ2n) is 7.41. The van der Waals surface area contributed by atoms with Gasteiger partial charge in [0.05, 0.1) is 12.0 Å². The van der Waals surface area contributed by atoms with Crippen molar-refractivity contribution < 1.29 is 27.5 Å². The Balaban J connectivity index is 1.65. The minimum atomic E-state index is -4.59. The molecule has 0 unspecified atom stereocenters. The minimum Gasteiger partial charge on any atom is -0.481 e. The molecule has 0 saturated carbocycles. The van der Waals surface area contributed by atoms with E-state index < -0.39 is 17.7 Å². The second-order valence-corrected chi connectivity index (χ2v) is 7.85. The van der Waals surface area contributed by atoms with E-state index in [2.05, 4.69) is 10.3 Å². The number of rotatable bonds is 7. The van der Waals surface area contributed by atoms with E-state index in [1.165, 1.54) is 18.2 Å². The van der Waals surface area contributed by atoms with Gasteiger partial charge in [-0.1, -0.05) is 35.9 Å². The van der Waals surface area contributed by atoms with Crippen molar-refractivity contribution in [1.29, 1.82) is 0 Å². The van der Waals surface area contributed by atoms with Crippen molar-refractivity contribution in [2.45, 2.75) is 19.1 Å². The summed E-state index contributed by atoms with van der Waals surface area (Å²) < 4.78 is 47.3. The molecule has 4 rings (SSSR count). The Morgan fingerprint density at radius 1 is 1.06 bits per heavy atom. The molecule has 0 aliphatic heterocycles. The standard InChI is InChI=1S/C24H18ClF3N2O3/c25-17-3-1-2-15(11-17)18-6-5-16(12-19(18)24(26,27)28)23-30-20-7-4-14(10-21(20)33-23)13-29-9-8-22(31)32/h1-7,10-12,29H,8-9,13H2,(H,31,32). The zero-order valence-corrected chi connectivity index (χ0v) is 17.9. The minimum absolute atomic E-state index is 0.00141. The average Bonchev–Trinajstić information content (AvgIpc) is 3.19. The van der Waals surface area contributed by atoms with Crippen molar-refractivity contribution in [2.24, 2.45) is 0 Å². The van der Waals surface area contributed by atoms with E-state index in [9.17, 15) is 18.0 Å². The molecule has 1 heterocycles. The molecule has 0 aliphatic carbocycles. The molecule has 33 heavy (non-hydrogen) atoms. The number of oxazole rings is 1. The fraction of sp³-hybridized carbons (Fsp3) is 0.167. The number of benzene rings is 3. The molecule has 170 valence electrons. The first kappa shape index (κ1) is 22.8. The summed E-state index contributed by atoms with van der Waals surface area (Å²) in [4.78, 5) is 14.9. The Hall–Kier alpha value is -3.36. The van der Waals surface area contributed by atoms with Gasteiger partial charge in [0.1, 0.15) is 5.52 Å². The van der Waals surface area contributed by atoms with Gasteiger partial charge in [0.15, 0.2) is 5.58 Å². The maximum atomic E-state index is 13.9. The van der Waals surface area contributed by atoms with Gasteiger partial charge < -0.3 is 14.8 Å². The third-order valence-electron chi connectivity index (χ3n) is 5.01. The Morgan fingerprint density at radius 2 is 1.88 bits per heavy atom. The lowest BCUT2D eigenvalue weighted by molar-refractivity contribution is -0.137. The Labute approximate surface area is 191 Å². The van der Waals surface area contributed by atoms with Crippen molar-refractivity contribution in [1.82, 2.24) is 10.3 Å². The van der Waals surface area contributed by atoms with Gasteiger partial charge in [0, 0.05) is 23.7 Å². The van der Waals surface area contributed by atoms with Crippen LogP contribution >= 0.6 is 11.6 Å². The van der Waals surface area contributed by atoms with Crippen molar-refractivity contribution in [3.8, 4) is 22.6 Å². The van der Waals surface area contributed by atoms with Crippen molar-refractivity contribution in [2.75, 3.05) is 6.54 Å². The summed E-state index contributed by atoms with van der Waals surface area (Å²) >= 11 is 5.96. The predicted molar refractivity (Wildman–Crippen MR) is 119 cm³/mol. The van der Waals surface area contributed by atoms with E-state index in [1.807, 2.05) is 0 Å². The van der Waals surface area contributed by atoms with E-state index >= 15 is 0 Å². The SMILES string of the molecule is O=C(O)CCNCc1ccc2nc(-c3ccc(-c4cccc(Cl)c4)c(C(F)(F)F)c3)oc2c1. The first-order valence-electron chi connectivity index (χ1n) is 10.0. The highest BCUT2D eigenvalue weighted by Gasteiger charge is 2.34. The summed E-state index contributed by atoms with van der Waals surface area (Å²) in [6.45, 7) is 0.736. The zero-order valence-electron chi connectivity index (χ0n) is 17.1. The molecule has 0 aliphatic rings. The molecule has 0 fully saturated rings. The van der Waals surface area contributed by atoms with Crippen LogP contribution in [-0.2, 0) is 17.5 Å². The van der Waals surface area contributed by atoms with E-state index in [-0.39, 0.29) is 23.4 Å². The number of hydrogen-bond acceptors (Lipinski definition) is 4. The summed E-state index contributed by atoms with van der Waals surface area (Å²) in [5, 5.41) is 12.0. The van der Waals surface area contributed by atoms with Crippen molar-refractivity contribution in [3.63, 3.8) is 0 Å². The Morgan fingerprint density at radius 3 is 2.61 bits per heavy atom. The van der Waals surface area contributed by atoms with E-state index in [0.29, 0.717) is 34.8 Å². The van der Waals surface area contributed by atoms with Gasteiger partial charge in [-0.25, -0.2) is 4.98 Å². The number of halogens is 4. The lowest BCUT2D eigenvalue weighted by Crippen LogP contribution is -2.17. The monoisotopic (exact) mass is 474 g/mol. The van der Waals surface area contributed by atoms with Gasteiger partial charge in [-0.15, -0.1) is 0 Å². The highest BCUT2D eigenvalue weighted by molar-refractivity contribution is 6.30. The second kappa shape index (κ2) is 9.25. The smallest absolute Gasteiger partial charge is 0.417 e. The quantitative estimate of drug-likeness (QED) is 0.303. The fourth-order valence-electron chi connectivity index (χ4n) is 3.45. The highest BCUT2D eigenvalue weighted by Crippen LogP contribution is 2.40. The zero-order chi connectivity index (χ0) is 23.6. The molecule has 0 spiro atoms. The number of aliphatic carboxylic acids is 1. The fourth-order valence-corrected chi connectivity index (χ4v) is 3.64. The molecule has 0 amide bonds. The molecule has 4 aromatic rings. The summed E-state index contributed by atoms with van der Waals surface area (Å²) in [7, 11) is 0. The Bertz CT molecular complexity index is 1320. The number of alkyl halides is 3. The molecule has 0 bridgehead atoms. The number of fused-ring (bicyclic) bond motifs is 1. The summed E-state index contributed by atoms with van der Waals surface area (Å²) in [6.07, 6.45) is -4.59. The van der Waals surface area contributed by atoms with Crippen molar-refractivity contribution >= 4 is 28.7 Å². The summed E-state index contributed by atoms with van der Waals surface area (Å²) in [5.74, 6) is -0.818. The summed E-state index contributed by atoms with van der Waals surface area (Å²) in [5.41, 5.74) is 1.53. The summed E-state index contributed by atoms with van der Waals surface area (Å²) in [6, 6.07) is 15.4. The first-order valence-corrected chi connectivity index (χ1v) is 10.4. The third kappa shape index (κ3) is 5.35. The molecule has 2 N–H and O–H groups in total. The normalized spacial score (nSPS) is 11.8. The van der Waals surface area contributed by atoms with E-state index in [4.69, 9.17) is 21.1 Å². The van der Waals surface area contributed by atoms with Crippen LogP contribution in [-0.4, -0.2) is 22.6 Å². The van der Waals surface area contributed by atoms with Gasteiger partial charge in [0.25, 0.3) is 0 Å². The lowest BCUT2D eigenvalue weighted by atomic mass is 9.97. The number of aromatic nitrogens is 1. The van der Waals surface area contributed by atoms with Crippen LogP contribution in [0, 0.1) is 0 Å². The molecule has 9 heteroatoms. The number of nitrogens with one attached hydrogen (secondary N) is 1. The van der Waals surface area contributed by atoms with Crippen LogP contribution in [0.25, 0.3) is 33.7 Å². The van der Waals surface area contributed by atoms with Crippen LogP contribution in [0.4, 0.5) is 13.2 Å². The van der Waals surface area contributed by atoms with Gasteiger partial charge in [-0.3, -0.25) is 4.79 Å². The molecule has 0 saturated heterocycles. The van der Waals surface area contributed by atoms with Crippen LogP contribution in [0.15, 0.2) is 65.1 Å². The van der Waals surface area contributed by atoms with E-state index in [0.717, 1.165) is 11.6 Å². The van der Waals surface area contributed by atoms with Gasteiger partial charge in [0.2, 0.25) is 5.89 Å². The number of carboxylic acids is 1. The van der Waals surface area contributed by atoms with Gasteiger partial charge >= 0.3 is 12.1 Å².